The molecule has 5 nitrogen and oxygen atoms in total. The quantitative estimate of drug-likeness (QED) is 0.160. The molecule has 0 atom stereocenters. The molecule has 0 fully saturated rings. The predicted octanol–water partition coefficient (Wildman–Crippen LogP) is 16.8. The van der Waals surface area contributed by atoms with Crippen LogP contribution in [0.3, 0.4) is 0 Å². The van der Waals surface area contributed by atoms with Crippen molar-refractivity contribution >= 4 is 44.6 Å². The van der Waals surface area contributed by atoms with Gasteiger partial charge in [0.15, 0.2) is 0 Å². The smallest absolute Gasteiger partial charge is 0.137 e. The van der Waals surface area contributed by atoms with Gasteiger partial charge in [0.05, 0.1) is 22.4 Å². The number of benzene rings is 7. The van der Waals surface area contributed by atoms with Crippen molar-refractivity contribution in [1.82, 2.24) is 9.55 Å². The van der Waals surface area contributed by atoms with Gasteiger partial charge in [-0.2, -0.15) is 0 Å². The molecule has 0 saturated carbocycles. The Morgan fingerprint density at radius 2 is 1.14 bits per heavy atom. The van der Waals surface area contributed by atoms with Gasteiger partial charge in [0, 0.05) is 50.2 Å². The average molecular weight is 868 g/mol. The number of hydrogen-bond donors (Lipinski definition) is 0. The second kappa shape index (κ2) is 16.1. The summed E-state index contributed by atoms with van der Waals surface area (Å²) in [5.74, 6) is 1.87. The van der Waals surface area contributed by atoms with Gasteiger partial charge >= 0.3 is 0 Å². The van der Waals surface area contributed by atoms with E-state index in [1.165, 1.54) is 16.8 Å². The number of hydrogen-bond acceptors (Lipinski definition) is 4. The lowest BCUT2D eigenvalue weighted by Gasteiger charge is -2.29. The summed E-state index contributed by atoms with van der Waals surface area (Å²) < 4.78 is 35.2. The van der Waals surface area contributed by atoms with Crippen molar-refractivity contribution in [2.24, 2.45) is 0 Å². The van der Waals surface area contributed by atoms with Gasteiger partial charge in [-0.1, -0.05) is 147 Å². The summed E-state index contributed by atoms with van der Waals surface area (Å²) in [6.45, 7) is 18.4. The zero-order valence-corrected chi connectivity index (χ0v) is 39.6. The molecule has 1 aliphatic heterocycles. The molecular formula is C61H60N4O. The van der Waals surface area contributed by atoms with Crippen LogP contribution in [0.25, 0.3) is 49.9 Å². The lowest BCUT2D eigenvalue weighted by atomic mass is 9.80. The monoisotopic (exact) mass is 867 g/mol. The molecule has 0 unspecified atom stereocenters. The first-order valence-corrected chi connectivity index (χ1v) is 23.0. The second-order valence-corrected chi connectivity index (χ2v) is 20.9. The van der Waals surface area contributed by atoms with E-state index in [-0.39, 0.29) is 21.8 Å². The number of ether oxygens (including phenoxy) is 1. The molecule has 0 radical (unpaired) electrons. The van der Waals surface area contributed by atoms with E-state index in [1.54, 1.807) is 12.3 Å². The predicted molar refractivity (Wildman–Crippen MR) is 279 cm³/mol. The zero-order valence-electron chi connectivity index (χ0n) is 42.6. The third-order valence-corrected chi connectivity index (χ3v) is 13.1. The molecule has 2 aromatic heterocycles. The Labute approximate surface area is 395 Å². The summed E-state index contributed by atoms with van der Waals surface area (Å²) in [5.41, 5.74) is 13.7. The minimum absolute atomic E-state index is 0.00988. The third kappa shape index (κ3) is 8.02. The Balaban J connectivity index is 1.05. The standard InChI is InChI=1S/C61H60N4O/c1-40-30-58(62-38-53(40)43-20-16-21-44(31-43)59(2,3)4)65-54-29-26-42(41-18-12-11-13-19-41)32-52(54)51-28-27-50(37-57(51)65)66-49-23-17-22-47(36-49)63-39-64(56-25-15-14-24-55(56)63)48-34-45(60(5,6)7)33-46(35-48)61(8,9)10/h11-38H,39H2,1-10H3/i1D3. The van der Waals surface area contributed by atoms with Crippen molar-refractivity contribution in [3.8, 4) is 39.6 Å². The summed E-state index contributed by atoms with van der Waals surface area (Å²) in [4.78, 5) is 9.83. The summed E-state index contributed by atoms with van der Waals surface area (Å²) >= 11 is 0. The fraction of sp³-hybridized carbons (Fsp3) is 0.230. The lowest BCUT2D eigenvalue weighted by Crippen LogP contribution is -2.25. The highest BCUT2D eigenvalue weighted by atomic mass is 16.5. The number of anilines is 4. The number of nitrogens with zero attached hydrogens (tertiary/aromatic N) is 4. The largest absolute Gasteiger partial charge is 0.457 e. The molecule has 0 aliphatic carbocycles. The van der Waals surface area contributed by atoms with Crippen molar-refractivity contribution in [3.05, 3.63) is 192 Å². The van der Waals surface area contributed by atoms with Crippen LogP contribution in [0.5, 0.6) is 11.5 Å². The number of pyridine rings is 1. The fourth-order valence-corrected chi connectivity index (χ4v) is 9.21. The van der Waals surface area contributed by atoms with Crippen LogP contribution in [0, 0.1) is 6.85 Å². The van der Waals surface area contributed by atoms with Gasteiger partial charge in [0.1, 0.15) is 24.0 Å². The highest BCUT2D eigenvalue weighted by Crippen LogP contribution is 2.47. The molecule has 3 heterocycles. The van der Waals surface area contributed by atoms with E-state index in [9.17, 15) is 0 Å². The molecular weight excluding hydrogens is 805 g/mol. The minimum Gasteiger partial charge on any atom is -0.457 e. The van der Waals surface area contributed by atoms with E-state index in [0.717, 1.165) is 61.1 Å². The van der Waals surface area contributed by atoms with Crippen LogP contribution in [0.4, 0.5) is 22.7 Å². The van der Waals surface area contributed by atoms with Crippen LogP contribution in [0.1, 0.15) is 88.7 Å². The molecule has 0 spiro atoms. The lowest BCUT2D eigenvalue weighted by molar-refractivity contribution is 0.483. The van der Waals surface area contributed by atoms with Crippen molar-refractivity contribution in [3.63, 3.8) is 0 Å². The van der Waals surface area contributed by atoms with Crippen LogP contribution < -0.4 is 14.5 Å². The van der Waals surface area contributed by atoms with Crippen LogP contribution in [0.2, 0.25) is 0 Å². The number of rotatable bonds is 7. The summed E-state index contributed by atoms with van der Waals surface area (Å²) in [6, 6.07) is 56.8. The maximum absolute atomic E-state index is 8.78. The summed E-state index contributed by atoms with van der Waals surface area (Å²) in [5, 5.41) is 2.03. The van der Waals surface area contributed by atoms with Gasteiger partial charge in [-0.3, -0.25) is 4.57 Å². The molecule has 0 saturated heterocycles. The molecule has 7 aromatic carbocycles. The molecule has 9 aromatic rings. The minimum atomic E-state index is -2.40. The van der Waals surface area contributed by atoms with Gasteiger partial charge in [0.25, 0.3) is 0 Å². The topological polar surface area (TPSA) is 33.5 Å². The molecule has 1 aliphatic rings. The molecule has 330 valence electrons. The maximum atomic E-state index is 8.78. The summed E-state index contributed by atoms with van der Waals surface area (Å²) in [7, 11) is 0. The Kier molecular flexibility index (Phi) is 9.58. The Bertz CT molecular complexity index is 3370. The SMILES string of the molecule is [2H]C([2H])([2H])c1cc(-n2c3ccc(-c4ccccc4)cc3c3ccc(Oc4cccc(N5CN(c6cc(C(C)(C)C)cc(C(C)(C)C)c6)c6ccccc65)c4)cc32)ncc1-c1cccc(C(C)(C)C)c1. The van der Waals surface area contributed by atoms with E-state index in [0.29, 0.717) is 29.5 Å². The van der Waals surface area contributed by atoms with Gasteiger partial charge < -0.3 is 14.5 Å². The Morgan fingerprint density at radius 3 is 1.83 bits per heavy atom. The molecule has 10 rings (SSSR count). The molecule has 66 heavy (non-hydrogen) atoms. The van der Waals surface area contributed by atoms with E-state index >= 15 is 0 Å². The van der Waals surface area contributed by atoms with Crippen molar-refractivity contribution in [2.75, 3.05) is 16.5 Å². The van der Waals surface area contributed by atoms with Gasteiger partial charge in [-0.05, 0) is 129 Å². The molecule has 0 amide bonds. The van der Waals surface area contributed by atoms with Crippen LogP contribution in [-0.2, 0) is 16.2 Å². The Morgan fingerprint density at radius 1 is 0.485 bits per heavy atom. The van der Waals surface area contributed by atoms with Gasteiger partial charge in [-0.25, -0.2) is 4.98 Å². The first-order valence-electron chi connectivity index (χ1n) is 24.5. The zero-order chi connectivity index (χ0) is 48.6. The third-order valence-electron chi connectivity index (χ3n) is 13.1. The van der Waals surface area contributed by atoms with Crippen molar-refractivity contribution < 1.29 is 8.85 Å². The van der Waals surface area contributed by atoms with Crippen molar-refractivity contribution in [2.45, 2.75) is 85.4 Å². The number of para-hydroxylation sites is 2. The van der Waals surface area contributed by atoms with Crippen LogP contribution in [-0.4, -0.2) is 16.2 Å². The maximum Gasteiger partial charge on any atom is 0.137 e. The highest BCUT2D eigenvalue weighted by Gasteiger charge is 2.30. The fourth-order valence-electron chi connectivity index (χ4n) is 9.21. The van der Waals surface area contributed by atoms with Gasteiger partial charge in [-0.15, -0.1) is 0 Å². The van der Waals surface area contributed by atoms with E-state index in [2.05, 4.69) is 180 Å². The normalized spacial score (nSPS) is 14.0. The first-order chi connectivity index (χ1) is 32.7. The molecule has 0 N–H and O–H groups in total. The first kappa shape index (κ1) is 39.3. The van der Waals surface area contributed by atoms with Crippen molar-refractivity contribution in [1.29, 1.82) is 0 Å². The Hall–Kier alpha value is -7.11. The number of aryl methyl sites for hydroxylation is 1. The van der Waals surface area contributed by atoms with E-state index < -0.39 is 6.85 Å². The van der Waals surface area contributed by atoms with Crippen LogP contribution in [0.15, 0.2) is 170 Å². The van der Waals surface area contributed by atoms with E-state index in [1.807, 2.05) is 54.6 Å². The highest BCUT2D eigenvalue weighted by molar-refractivity contribution is 6.10. The molecule has 5 heteroatoms. The van der Waals surface area contributed by atoms with Gasteiger partial charge in [0.2, 0.25) is 0 Å². The second-order valence-electron chi connectivity index (χ2n) is 20.9. The average Bonchev–Trinajstić information content (AvgIpc) is 3.86. The number of aromatic nitrogens is 2. The molecule has 0 bridgehead atoms. The van der Waals surface area contributed by atoms with E-state index in [4.69, 9.17) is 13.8 Å². The number of fused-ring (bicyclic) bond motifs is 4. The summed E-state index contributed by atoms with van der Waals surface area (Å²) in [6.07, 6.45) is 1.73. The van der Waals surface area contributed by atoms with Crippen LogP contribution >= 0.6 is 0 Å².